The molecule has 33 heavy (non-hydrogen) atoms. The van der Waals surface area contributed by atoms with Crippen LogP contribution in [0, 0.1) is 0 Å². The normalized spacial score (nSPS) is 15.1. The Bertz CT molecular complexity index is 1310. The van der Waals surface area contributed by atoms with E-state index in [1.165, 1.54) is 4.31 Å². The van der Waals surface area contributed by atoms with Gasteiger partial charge in [0.2, 0.25) is 15.9 Å². The highest BCUT2D eigenvalue weighted by molar-refractivity contribution is 7.88. The maximum absolute atomic E-state index is 12.8. The van der Waals surface area contributed by atoms with Crippen LogP contribution in [0.5, 0.6) is 0 Å². The fraction of sp³-hybridized carbons (Fsp3) is 0.391. The largest absolute Gasteiger partial charge is 0.379 e. The lowest BCUT2D eigenvalue weighted by atomic mass is 10.1. The second-order valence-electron chi connectivity index (χ2n) is 8.05. The number of amides is 1. The highest BCUT2D eigenvalue weighted by Crippen LogP contribution is 2.17. The summed E-state index contributed by atoms with van der Waals surface area (Å²) < 4.78 is 35.4. The molecule has 0 bridgehead atoms. The maximum atomic E-state index is 12.8. The first-order chi connectivity index (χ1) is 15.9. The summed E-state index contributed by atoms with van der Waals surface area (Å²) in [6.45, 7) is 1.99. The van der Waals surface area contributed by atoms with Gasteiger partial charge >= 0.3 is 5.69 Å². The van der Waals surface area contributed by atoms with Gasteiger partial charge in [0.25, 0.3) is 0 Å². The fourth-order valence-corrected chi connectivity index (χ4v) is 5.62. The first-order valence-electron chi connectivity index (χ1n) is 10.9. The van der Waals surface area contributed by atoms with E-state index in [-0.39, 0.29) is 36.9 Å². The van der Waals surface area contributed by atoms with Gasteiger partial charge in [0.05, 0.1) is 30.0 Å². The quantitative estimate of drug-likeness (QED) is 0.531. The molecule has 0 aliphatic carbocycles. The summed E-state index contributed by atoms with van der Waals surface area (Å²) >= 11 is 0. The number of aryl methyl sites for hydroxylation is 2. The Morgan fingerprint density at radius 3 is 2.36 bits per heavy atom. The first kappa shape index (κ1) is 23.2. The molecule has 0 saturated carbocycles. The second kappa shape index (κ2) is 9.90. The molecule has 3 aromatic rings. The van der Waals surface area contributed by atoms with E-state index in [0.29, 0.717) is 31.9 Å². The van der Waals surface area contributed by atoms with Gasteiger partial charge in [-0.1, -0.05) is 36.4 Å². The third-order valence-corrected chi connectivity index (χ3v) is 7.74. The number of carbonyl (C=O) groups excluding carboxylic acids is 1. The van der Waals surface area contributed by atoms with E-state index in [4.69, 9.17) is 4.74 Å². The van der Waals surface area contributed by atoms with E-state index in [0.717, 1.165) is 16.6 Å². The van der Waals surface area contributed by atoms with E-state index in [1.54, 1.807) is 28.3 Å². The van der Waals surface area contributed by atoms with E-state index in [2.05, 4.69) is 5.32 Å². The third kappa shape index (κ3) is 5.18. The number of para-hydroxylation sites is 2. The van der Waals surface area contributed by atoms with Gasteiger partial charge in [0.1, 0.15) is 0 Å². The van der Waals surface area contributed by atoms with Crippen molar-refractivity contribution in [2.24, 2.45) is 7.05 Å². The summed E-state index contributed by atoms with van der Waals surface area (Å²) in [5.74, 6) is -0.328. The van der Waals surface area contributed by atoms with Crippen LogP contribution in [0.15, 0.2) is 53.3 Å². The van der Waals surface area contributed by atoms with Crippen LogP contribution >= 0.6 is 0 Å². The van der Waals surface area contributed by atoms with Gasteiger partial charge in [0, 0.05) is 39.6 Å². The molecule has 176 valence electrons. The van der Waals surface area contributed by atoms with Crippen LogP contribution in [-0.4, -0.2) is 54.1 Å². The summed E-state index contributed by atoms with van der Waals surface area (Å²) in [6.07, 6.45) is 0.141. The average Bonchev–Trinajstić information content (AvgIpc) is 3.07. The summed E-state index contributed by atoms with van der Waals surface area (Å²) in [4.78, 5) is 25.0. The lowest BCUT2D eigenvalue weighted by Gasteiger charge is -2.26. The van der Waals surface area contributed by atoms with E-state index >= 15 is 0 Å². The van der Waals surface area contributed by atoms with Crippen LogP contribution in [0.1, 0.15) is 17.5 Å². The number of ether oxygens (including phenoxy) is 1. The van der Waals surface area contributed by atoms with Crippen LogP contribution < -0.4 is 11.0 Å². The standard InChI is InChI=1S/C23H28N4O5S/c1-25-20-8-4-5-9-21(20)27(23(25)29)11-10-22(28)24-16-18-6-2-3-7-19(18)17-33(30,31)26-12-14-32-15-13-26/h2-9H,10-17H2,1H3,(H,24,28). The number of hydrogen-bond donors (Lipinski definition) is 1. The van der Waals surface area contributed by atoms with E-state index < -0.39 is 10.0 Å². The minimum atomic E-state index is -3.47. The molecule has 10 heteroatoms. The van der Waals surface area contributed by atoms with Gasteiger partial charge in [-0.2, -0.15) is 4.31 Å². The van der Waals surface area contributed by atoms with Crippen molar-refractivity contribution in [2.45, 2.75) is 25.3 Å². The molecule has 9 nitrogen and oxygen atoms in total. The molecule has 1 amide bonds. The average molecular weight is 473 g/mol. The van der Waals surface area contributed by atoms with Gasteiger partial charge < -0.3 is 10.1 Å². The lowest BCUT2D eigenvalue weighted by Crippen LogP contribution is -2.41. The van der Waals surface area contributed by atoms with Crippen LogP contribution in [0.3, 0.4) is 0 Å². The first-order valence-corrected chi connectivity index (χ1v) is 12.5. The summed E-state index contributed by atoms with van der Waals surface area (Å²) in [6, 6.07) is 14.7. The minimum absolute atomic E-state index is 0.121. The Labute approximate surface area is 192 Å². The Hall–Kier alpha value is -2.95. The number of sulfonamides is 1. The molecule has 0 unspecified atom stereocenters. The van der Waals surface area contributed by atoms with Crippen LogP contribution in [0.4, 0.5) is 0 Å². The molecule has 1 aliphatic rings. The van der Waals surface area contributed by atoms with Crippen LogP contribution in [0.25, 0.3) is 11.0 Å². The topological polar surface area (TPSA) is 103 Å². The Morgan fingerprint density at radius 1 is 1.00 bits per heavy atom. The number of aromatic nitrogens is 2. The number of morpholine rings is 1. The molecule has 0 atom stereocenters. The molecule has 1 aliphatic heterocycles. The summed E-state index contributed by atoms with van der Waals surface area (Å²) in [5.41, 5.74) is 2.86. The maximum Gasteiger partial charge on any atom is 0.328 e. The highest BCUT2D eigenvalue weighted by Gasteiger charge is 2.25. The number of hydrogen-bond acceptors (Lipinski definition) is 5. The van der Waals surface area contributed by atoms with Gasteiger partial charge in [-0.3, -0.25) is 13.9 Å². The molecule has 0 radical (unpaired) electrons. The molecule has 2 heterocycles. The molecule has 1 fully saturated rings. The van der Waals surface area contributed by atoms with Crippen molar-refractivity contribution in [1.82, 2.24) is 18.8 Å². The number of benzene rings is 2. The Balaban J connectivity index is 1.39. The Kier molecular flexibility index (Phi) is 6.96. The van der Waals surface area contributed by atoms with Gasteiger partial charge in [0.15, 0.2) is 0 Å². The molecule has 0 spiro atoms. The van der Waals surface area contributed by atoms with Crippen LogP contribution in [0.2, 0.25) is 0 Å². The number of nitrogens with zero attached hydrogens (tertiary/aromatic N) is 3. The van der Waals surface area contributed by atoms with Crippen LogP contribution in [-0.2, 0) is 45.4 Å². The van der Waals surface area contributed by atoms with E-state index in [1.807, 2.05) is 36.4 Å². The monoisotopic (exact) mass is 472 g/mol. The molecule has 2 aromatic carbocycles. The molecule has 4 rings (SSSR count). The zero-order chi connectivity index (χ0) is 23.4. The molecular weight excluding hydrogens is 444 g/mol. The zero-order valence-corrected chi connectivity index (χ0v) is 19.4. The smallest absolute Gasteiger partial charge is 0.328 e. The van der Waals surface area contributed by atoms with Crippen molar-refractivity contribution in [3.63, 3.8) is 0 Å². The molecule has 1 aromatic heterocycles. The van der Waals surface area contributed by atoms with E-state index in [9.17, 15) is 18.0 Å². The minimum Gasteiger partial charge on any atom is -0.379 e. The van der Waals surface area contributed by atoms with Gasteiger partial charge in [-0.15, -0.1) is 0 Å². The number of carbonyl (C=O) groups is 1. The lowest BCUT2D eigenvalue weighted by molar-refractivity contribution is -0.121. The van der Waals surface area contributed by atoms with Crippen molar-refractivity contribution < 1.29 is 17.9 Å². The second-order valence-corrected chi connectivity index (χ2v) is 10.0. The summed E-state index contributed by atoms with van der Waals surface area (Å²) in [5, 5.41) is 2.86. The Morgan fingerprint density at radius 2 is 1.64 bits per heavy atom. The number of fused-ring (bicyclic) bond motifs is 1. The van der Waals surface area contributed by atoms with Crippen molar-refractivity contribution in [1.29, 1.82) is 0 Å². The van der Waals surface area contributed by atoms with Gasteiger partial charge in [-0.25, -0.2) is 13.2 Å². The highest BCUT2D eigenvalue weighted by atomic mass is 32.2. The van der Waals surface area contributed by atoms with Crippen molar-refractivity contribution in [3.8, 4) is 0 Å². The summed E-state index contributed by atoms with van der Waals surface area (Å²) in [7, 11) is -1.76. The molecule has 1 saturated heterocycles. The SMILES string of the molecule is Cn1c(=O)n(CCC(=O)NCc2ccccc2CS(=O)(=O)N2CCOCC2)c2ccccc21. The van der Waals surface area contributed by atoms with Crippen molar-refractivity contribution in [2.75, 3.05) is 26.3 Å². The third-order valence-electron chi connectivity index (χ3n) is 5.91. The van der Waals surface area contributed by atoms with Crippen molar-refractivity contribution in [3.05, 3.63) is 70.1 Å². The predicted octanol–water partition coefficient (Wildman–Crippen LogP) is 1.21. The number of nitrogens with one attached hydrogen (secondary N) is 1. The fourth-order valence-electron chi connectivity index (χ4n) is 4.06. The van der Waals surface area contributed by atoms with Crippen molar-refractivity contribution >= 4 is 27.0 Å². The number of imidazole rings is 1. The number of rotatable bonds is 8. The van der Waals surface area contributed by atoms with Gasteiger partial charge in [-0.05, 0) is 23.3 Å². The molecular formula is C23H28N4O5S. The zero-order valence-electron chi connectivity index (χ0n) is 18.6. The predicted molar refractivity (Wildman–Crippen MR) is 125 cm³/mol. The molecule has 1 N–H and O–H groups in total.